The molecule has 1 amide bonds. The molecule has 0 aliphatic rings. The largest absolute Gasteiger partial charge is 0.481 e. The summed E-state index contributed by atoms with van der Waals surface area (Å²) in [7, 11) is 0. The van der Waals surface area contributed by atoms with Crippen LogP contribution in [0, 0.1) is 0 Å². The van der Waals surface area contributed by atoms with Gasteiger partial charge in [0.1, 0.15) is 18.4 Å². The zero-order valence-corrected chi connectivity index (χ0v) is 13.6. The number of carbonyl (C=O) groups excluding carboxylic acids is 1. The van der Waals surface area contributed by atoms with E-state index in [9.17, 15) is 4.79 Å². The lowest BCUT2D eigenvalue weighted by atomic mass is 10.2. The summed E-state index contributed by atoms with van der Waals surface area (Å²) in [5.41, 5.74) is 1.19. The van der Waals surface area contributed by atoms with Gasteiger partial charge in [-0.05, 0) is 37.3 Å². The molecule has 2 aromatic carbocycles. The molecule has 0 spiro atoms. The Hall–Kier alpha value is -2.86. The number of nitrogens with zero attached hydrogens (tertiary/aromatic N) is 3. The van der Waals surface area contributed by atoms with Crippen molar-refractivity contribution in [1.82, 2.24) is 14.8 Å². The van der Waals surface area contributed by atoms with Crippen molar-refractivity contribution in [1.29, 1.82) is 0 Å². The first-order valence-corrected chi connectivity index (χ1v) is 7.68. The number of hydrogen-bond acceptors (Lipinski definition) is 4. The first kappa shape index (κ1) is 16.0. The second kappa shape index (κ2) is 7.14. The fourth-order valence-electron chi connectivity index (χ4n) is 2.13. The number of nitrogens with one attached hydrogen (secondary N) is 1. The number of para-hydroxylation sites is 1. The standard InChI is InChI=1S/C17H15ClN4O2/c1-12(24-14-5-3-2-4-6-14)17(23)21-15-9-13(18)7-8-16(15)22-11-19-10-20-22/h2-12H,1H3,(H,21,23)/t12-/m0/s1. The number of amides is 1. The van der Waals surface area contributed by atoms with Crippen molar-refractivity contribution in [2.45, 2.75) is 13.0 Å². The summed E-state index contributed by atoms with van der Waals surface area (Å²) >= 11 is 6.04. The van der Waals surface area contributed by atoms with Crippen molar-refractivity contribution in [2.24, 2.45) is 0 Å². The SMILES string of the molecule is C[C@H](Oc1ccccc1)C(=O)Nc1cc(Cl)ccc1-n1cncn1. The lowest BCUT2D eigenvalue weighted by Gasteiger charge is -2.16. The van der Waals surface area contributed by atoms with Gasteiger partial charge in [-0.2, -0.15) is 5.10 Å². The number of rotatable bonds is 5. The van der Waals surface area contributed by atoms with Crippen LogP contribution in [0.4, 0.5) is 5.69 Å². The van der Waals surface area contributed by atoms with Gasteiger partial charge in [-0.15, -0.1) is 0 Å². The predicted octanol–water partition coefficient (Wildman–Crippen LogP) is 3.33. The maximum Gasteiger partial charge on any atom is 0.265 e. The van der Waals surface area contributed by atoms with Gasteiger partial charge in [0.25, 0.3) is 5.91 Å². The highest BCUT2D eigenvalue weighted by Crippen LogP contribution is 2.24. The molecule has 0 saturated carbocycles. The van der Waals surface area contributed by atoms with E-state index in [1.807, 2.05) is 18.2 Å². The Bertz CT molecular complexity index is 822. The van der Waals surface area contributed by atoms with Gasteiger partial charge < -0.3 is 10.1 Å². The molecule has 1 heterocycles. The molecule has 0 bridgehead atoms. The van der Waals surface area contributed by atoms with Gasteiger partial charge in [-0.3, -0.25) is 4.79 Å². The Morgan fingerprint density at radius 3 is 2.75 bits per heavy atom. The predicted molar refractivity (Wildman–Crippen MR) is 91.5 cm³/mol. The van der Waals surface area contributed by atoms with Gasteiger partial charge >= 0.3 is 0 Å². The molecular weight excluding hydrogens is 328 g/mol. The molecule has 6 nitrogen and oxygen atoms in total. The number of ether oxygens (including phenoxy) is 1. The molecule has 3 aromatic rings. The average Bonchev–Trinajstić information content (AvgIpc) is 3.10. The van der Waals surface area contributed by atoms with Crippen LogP contribution in [0.25, 0.3) is 5.69 Å². The lowest BCUT2D eigenvalue weighted by molar-refractivity contribution is -0.122. The van der Waals surface area contributed by atoms with Crippen LogP contribution in [0.2, 0.25) is 5.02 Å². The Balaban J connectivity index is 1.78. The molecule has 3 rings (SSSR count). The van der Waals surface area contributed by atoms with E-state index < -0.39 is 6.10 Å². The van der Waals surface area contributed by atoms with Crippen molar-refractivity contribution in [3.8, 4) is 11.4 Å². The van der Waals surface area contributed by atoms with Crippen molar-refractivity contribution in [3.63, 3.8) is 0 Å². The Morgan fingerprint density at radius 2 is 2.04 bits per heavy atom. The summed E-state index contributed by atoms with van der Waals surface area (Å²) in [6.07, 6.45) is 2.29. The summed E-state index contributed by atoms with van der Waals surface area (Å²) in [6.45, 7) is 1.68. The second-order valence-electron chi connectivity index (χ2n) is 5.06. The first-order chi connectivity index (χ1) is 11.6. The number of benzene rings is 2. The minimum atomic E-state index is -0.671. The van der Waals surface area contributed by atoms with Crippen LogP contribution in [0.5, 0.6) is 5.75 Å². The third kappa shape index (κ3) is 3.72. The zero-order valence-electron chi connectivity index (χ0n) is 12.9. The number of carbonyl (C=O) groups is 1. The summed E-state index contributed by atoms with van der Waals surface area (Å²) < 4.78 is 7.18. The number of anilines is 1. The number of aromatic nitrogens is 3. The quantitative estimate of drug-likeness (QED) is 0.772. The molecule has 1 atom stereocenters. The molecule has 7 heteroatoms. The van der Waals surface area contributed by atoms with E-state index >= 15 is 0 Å². The molecule has 24 heavy (non-hydrogen) atoms. The molecule has 0 unspecified atom stereocenters. The van der Waals surface area contributed by atoms with E-state index in [1.165, 1.54) is 6.33 Å². The van der Waals surface area contributed by atoms with Crippen molar-refractivity contribution in [2.75, 3.05) is 5.32 Å². The van der Waals surface area contributed by atoms with E-state index in [1.54, 1.807) is 48.3 Å². The van der Waals surface area contributed by atoms with Gasteiger partial charge in [0.15, 0.2) is 6.10 Å². The van der Waals surface area contributed by atoms with Crippen LogP contribution in [0.1, 0.15) is 6.92 Å². The normalized spacial score (nSPS) is 11.8. The van der Waals surface area contributed by atoms with E-state index in [-0.39, 0.29) is 5.91 Å². The molecule has 0 radical (unpaired) electrons. The van der Waals surface area contributed by atoms with Crippen molar-refractivity contribution in [3.05, 3.63) is 66.2 Å². The van der Waals surface area contributed by atoms with Crippen LogP contribution >= 0.6 is 11.6 Å². The van der Waals surface area contributed by atoms with Crippen LogP contribution in [0.15, 0.2) is 61.2 Å². The second-order valence-corrected chi connectivity index (χ2v) is 5.50. The summed E-state index contributed by atoms with van der Waals surface area (Å²) in [4.78, 5) is 16.3. The minimum absolute atomic E-state index is 0.289. The van der Waals surface area contributed by atoms with Crippen LogP contribution in [0.3, 0.4) is 0 Å². The molecule has 1 N–H and O–H groups in total. The van der Waals surface area contributed by atoms with Crippen molar-refractivity contribution < 1.29 is 9.53 Å². The zero-order chi connectivity index (χ0) is 16.9. The van der Waals surface area contributed by atoms with Gasteiger partial charge in [0.05, 0.1) is 11.4 Å². The monoisotopic (exact) mass is 342 g/mol. The van der Waals surface area contributed by atoms with E-state index in [0.29, 0.717) is 22.1 Å². The van der Waals surface area contributed by atoms with Crippen LogP contribution in [-0.2, 0) is 4.79 Å². The molecular formula is C17H15ClN4O2. The van der Waals surface area contributed by atoms with Gasteiger partial charge in [0, 0.05) is 5.02 Å². The molecule has 0 fully saturated rings. The highest BCUT2D eigenvalue weighted by molar-refractivity contribution is 6.31. The highest BCUT2D eigenvalue weighted by Gasteiger charge is 2.17. The highest BCUT2D eigenvalue weighted by atomic mass is 35.5. The lowest BCUT2D eigenvalue weighted by Crippen LogP contribution is -2.30. The van der Waals surface area contributed by atoms with E-state index in [2.05, 4.69) is 15.4 Å². The molecule has 122 valence electrons. The van der Waals surface area contributed by atoms with Crippen LogP contribution in [-0.4, -0.2) is 26.8 Å². The van der Waals surface area contributed by atoms with E-state index in [0.717, 1.165) is 0 Å². The topological polar surface area (TPSA) is 69.0 Å². The Morgan fingerprint density at radius 1 is 1.25 bits per heavy atom. The fourth-order valence-corrected chi connectivity index (χ4v) is 2.30. The number of hydrogen-bond donors (Lipinski definition) is 1. The number of halogens is 1. The average molecular weight is 343 g/mol. The van der Waals surface area contributed by atoms with Gasteiger partial charge in [-0.1, -0.05) is 29.8 Å². The molecule has 0 aliphatic heterocycles. The minimum Gasteiger partial charge on any atom is -0.481 e. The summed E-state index contributed by atoms with van der Waals surface area (Å²) in [5.74, 6) is 0.338. The smallest absolute Gasteiger partial charge is 0.265 e. The van der Waals surface area contributed by atoms with Gasteiger partial charge in [-0.25, -0.2) is 9.67 Å². The Kier molecular flexibility index (Phi) is 4.77. The van der Waals surface area contributed by atoms with Gasteiger partial charge in [0.2, 0.25) is 0 Å². The van der Waals surface area contributed by atoms with E-state index in [4.69, 9.17) is 16.3 Å². The first-order valence-electron chi connectivity index (χ1n) is 7.30. The molecule has 1 aromatic heterocycles. The summed E-state index contributed by atoms with van der Waals surface area (Å²) in [5, 5.41) is 7.40. The third-order valence-corrected chi connectivity index (χ3v) is 3.54. The molecule has 0 aliphatic carbocycles. The maximum atomic E-state index is 12.4. The van der Waals surface area contributed by atoms with Crippen LogP contribution < -0.4 is 10.1 Å². The fraction of sp³-hybridized carbons (Fsp3) is 0.118. The Labute approximate surface area is 144 Å². The third-order valence-electron chi connectivity index (χ3n) is 3.31. The maximum absolute atomic E-state index is 12.4. The van der Waals surface area contributed by atoms with Crippen molar-refractivity contribution >= 4 is 23.2 Å². The molecule has 0 saturated heterocycles. The summed E-state index contributed by atoms with van der Waals surface area (Å²) in [6, 6.07) is 14.3.